The Morgan fingerprint density at radius 1 is 1.22 bits per heavy atom. The zero-order chi connectivity index (χ0) is 13.7. The molecule has 0 aliphatic rings. The molecule has 1 rings (SSSR count). The van der Waals surface area contributed by atoms with Gasteiger partial charge in [0.25, 0.3) is 0 Å². The van der Waals surface area contributed by atoms with E-state index in [0.29, 0.717) is 11.6 Å². The van der Waals surface area contributed by atoms with Crippen LogP contribution in [0.15, 0.2) is 24.3 Å². The highest BCUT2D eigenvalue weighted by Gasteiger charge is 2.28. The van der Waals surface area contributed by atoms with Gasteiger partial charge in [-0.2, -0.15) is 0 Å². The Kier molecular flexibility index (Phi) is 5.76. The van der Waals surface area contributed by atoms with Crippen LogP contribution in [-0.4, -0.2) is 23.5 Å². The van der Waals surface area contributed by atoms with Crippen molar-refractivity contribution >= 4 is 0 Å². The Labute approximate surface area is 110 Å². The second-order valence-corrected chi connectivity index (χ2v) is 4.96. The maximum Gasteiger partial charge on any atom is 0.128 e. The summed E-state index contributed by atoms with van der Waals surface area (Å²) in [5, 5.41) is 0. The van der Waals surface area contributed by atoms with Crippen LogP contribution in [0.3, 0.4) is 0 Å². The van der Waals surface area contributed by atoms with Crippen LogP contribution in [0.1, 0.15) is 45.7 Å². The van der Waals surface area contributed by atoms with Gasteiger partial charge < -0.3 is 5.73 Å². The van der Waals surface area contributed by atoms with E-state index in [-0.39, 0.29) is 17.9 Å². The van der Waals surface area contributed by atoms with Crippen molar-refractivity contribution in [2.75, 3.05) is 6.54 Å². The minimum absolute atomic E-state index is 0.0516. The van der Waals surface area contributed by atoms with Crippen molar-refractivity contribution < 1.29 is 4.39 Å². The Balaban J connectivity index is 3.17. The van der Waals surface area contributed by atoms with E-state index < -0.39 is 0 Å². The number of rotatable bonds is 6. The second kappa shape index (κ2) is 6.86. The normalized spacial score (nSPS) is 15.1. The lowest BCUT2D eigenvalue weighted by molar-refractivity contribution is 0.135. The van der Waals surface area contributed by atoms with Gasteiger partial charge in [-0.3, -0.25) is 4.90 Å². The van der Waals surface area contributed by atoms with Gasteiger partial charge in [-0.1, -0.05) is 32.0 Å². The van der Waals surface area contributed by atoms with Crippen LogP contribution in [-0.2, 0) is 0 Å². The molecular formula is C15H25FN2. The maximum atomic E-state index is 14.0. The molecule has 0 radical (unpaired) electrons. The number of hydrogen-bond acceptors (Lipinski definition) is 2. The molecule has 102 valence electrons. The van der Waals surface area contributed by atoms with Crippen molar-refractivity contribution in [3.05, 3.63) is 35.6 Å². The van der Waals surface area contributed by atoms with Gasteiger partial charge >= 0.3 is 0 Å². The summed E-state index contributed by atoms with van der Waals surface area (Å²) < 4.78 is 14.0. The van der Waals surface area contributed by atoms with Crippen LogP contribution in [0.5, 0.6) is 0 Å². The zero-order valence-electron chi connectivity index (χ0n) is 11.9. The molecule has 2 atom stereocenters. The molecule has 18 heavy (non-hydrogen) atoms. The van der Waals surface area contributed by atoms with Gasteiger partial charge in [-0.25, -0.2) is 4.39 Å². The summed E-state index contributed by atoms with van der Waals surface area (Å²) in [4.78, 5) is 2.26. The molecule has 1 aromatic rings. The first-order valence-electron chi connectivity index (χ1n) is 6.78. The number of benzene rings is 1. The molecule has 0 aliphatic heterocycles. The number of nitrogens with two attached hydrogens (primary N) is 1. The van der Waals surface area contributed by atoms with E-state index in [0.717, 1.165) is 13.0 Å². The fourth-order valence-electron chi connectivity index (χ4n) is 2.48. The van der Waals surface area contributed by atoms with Crippen LogP contribution in [0.2, 0.25) is 0 Å². The molecule has 0 bridgehead atoms. The Morgan fingerprint density at radius 3 is 2.28 bits per heavy atom. The van der Waals surface area contributed by atoms with E-state index >= 15 is 0 Å². The molecule has 0 aliphatic carbocycles. The van der Waals surface area contributed by atoms with Crippen LogP contribution in [0.25, 0.3) is 0 Å². The Bertz CT molecular complexity index is 365. The zero-order valence-corrected chi connectivity index (χ0v) is 11.9. The molecule has 2 unspecified atom stereocenters. The molecule has 0 amide bonds. The fraction of sp³-hybridized carbons (Fsp3) is 0.600. The summed E-state index contributed by atoms with van der Waals surface area (Å²) in [6.45, 7) is 9.26. The third kappa shape index (κ3) is 3.30. The van der Waals surface area contributed by atoms with E-state index in [1.54, 1.807) is 6.07 Å². The molecular weight excluding hydrogens is 227 g/mol. The predicted octanol–water partition coefficient (Wildman–Crippen LogP) is 3.33. The molecule has 1 aromatic carbocycles. The molecule has 2 N–H and O–H groups in total. The maximum absolute atomic E-state index is 14.0. The summed E-state index contributed by atoms with van der Waals surface area (Å²) in [6.07, 6.45) is 0.836. The van der Waals surface area contributed by atoms with Gasteiger partial charge in [0, 0.05) is 17.6 Å². The van der Waals surface area contributed by atoms with Crippen LogP contribution < -0.4 is 5.73 Å². The number of likely N-dealkylation sites (N-methyl/N-ethyl adjacent to an activating group) is 1. The van der Waals surface area contributed by atoms with Crippen LogP contribution in [0, 0.1) is 5.82 Å². The summed E-state index contributed by atoms with van der Waals surface area (Å²) in [6, 6.07) is 7.20. The number of hydrogen-bond donors (Lipinski definition) is 1. The molecule has 0 aromatic heterocycles. The topological polar surface area (TPSA) is 29.3 Å². The Hall–Kier alpha value is -0.930. The molecule has 0 saturated carbocycles. The van der Waals surface area contributed by atoms with Gasteiger partial charge in [0.15, 0.2) is 0 Å². The summed E-state index contributed by atoms with van der Waals surface area (Å²) in [7, 11) is 0. The summed E-state index contributed by atoms with van der Waals surface area (Å²) >= 11 is 0. The minimum atomic E-state index is -0.162. The largest absolute Gasteiger partial charge is 0.326 e. The van der Waals surface area contributed by atoms with Crippen molar-refractivity contribution in [1.82, 2.24) is 4.90 Å². The lowest BCUT2D eigenvalue weighted by Gasteiger charge is -2.37. The van der Waals surface area contributed by atoms with Crippen LogP contribution >= 0.6 is 0 Å². The van der Waals surface area contributed by atoms with Crippen molar-refractivity contribution in [3.8, 4) is 0 Å². The summed E-state index contributed by atoms with van der Waals surface area (Å²) in [5.74, 6) is -0.162. The lowest BCUT2D eigenvalue weighted by Crippen LogP contribution is -2.44. The van der Waals surface area contributed by atoms with Crippen molar-refractivity contribution in [2.24, 2.45) is 5.73 Å². The summed E-state index contributed by atoms with van der Waals surface area (Å²) in [5.41, 5.74) is 6.93. The van der Waals surface area contributed by atoms with Crippen LogP contribution in [0.4, 0.5) is 4.39 Å². The highest BCUT2D eigenvalue weighted by molar-refractivity contribution is 5.23. The molecule has 0 heterocycles. The molecule has 2 nitrogen and oxygen atoms in total. The van der Waals surface area contributed by atoms with Crippen molar-refractivity contribution in [1.29, 1.82) is 0 Å². The van der Waals surface area contributed by atoms with E-state index in [1.165, 1.54) is 6.07 Å². The minimum Gasteiger partial charge on any atom is -0.326 e. The van der Waals surface area contributed by atoms with Gasteiger partial charge in [-0.15, -0.1) is 0 Å². The van der Waals surface area contributed by atoms with Gasteiger partial charge in [0.1, 0.15) is 5.82 Å². The number of nitrogens with zero attached hydrogens (tertiary/aromatic N) is 1. The van der Waals surface area contributed by atoms with Crippen molar-refractivity contribution in [2.45, 2.75) is 52.2 Å². The fourth-order valence-corrected chi connectivity index (χ4v) is 2.48. The predicted molar refractivity (Wildman–Crippen MR) is 74.9 cm³/mol. The van der Waals surface area contributed by atoms with E-state index in [9.17, 15) is 4.39 Å². The second-order valence-electron chi connectivity index (χ2n) is 4.96. The highest BCUT2D eigenvalue weighted by atomic mass is 19.1. The van der Waals surface area contributed by atoms with E-state index in [4.69, 9.17) is 5.73 Å². The smallest absolute Gasteiger partial charge is 0.128 e. The third-order valence-electron chi connectivity index (χ3n) is 3.49. The first-order valence-corrected chi connectivity index (χ1v) is 6.78. The van der Waals surface area contributed by atoms with E-state index in [2.05, 4.69) is 25.7 Å². The van der Waals surface area contributed by atoms with Crippen molar-refractivity contribution in [3.63, 3.8) is 0 Å². The Morgan fingerprint density at radius 2 is 1.83 bits per heavy atom. The highest BCUT2D eigenvalue weighted by Crippen LogP contribution is 2.28. The van der Waals surface area contributed by atoms with E-state index in [1.807, 2.05) is 19.1 Å². The van der Waals surface area contributed by atoms with Gasteiger partial charge in [-0.05, 0) is 32.9 Å². The number of halogens is 1. The van der Waals surface area contributed by atoms with Gasteiger partial charge in [0.05, 0.1) is 6.04 Å². The first kappa shape index (κ1) is 15.1. The standard InChI is InChI=1S/C15H25FN2/c1-5-14(17)15(18(6-2)11(3)4)12-9-7-8-10-13(12)16/h7-11,14-15H,5-6,17H2,1-4H3. The molecule has 0 fully saturated rings. The average molecular weight is 252 g/mol. The quantitative estimate of drug-likeness (QED) is 0.841. The third-order valence-corrected chi connectivity index (χ3v) is 3.49. The SMILES string of the molecule is CCC(N)C(c1ccccc1F)N(CC)C(C)C. The lowest BCUT2D eigenvalue weighted by atomic mass is 9.94. The molecule has 0 spiro atoms. The molecule has 0 saturated heterocycles. The molecule has 3 heteroatoms. The van der Waals surface area contributed by atoms with Gasteiger partial charge in [0.2, 0.25) is 0 Å². The monoisotopic (exact) mass is 252 g/mol. The first-order chi connectivity index (χ1) is 8.52. The average Bonchev–Trinajstić information content (AvgIpc) is 2.35.